The van der Waals surface area contributed by atoms with E-state index in [4.69, 9.17) is 15.2 Å². The number of aryl methyl sites for hydroxylation is 1. The first-order chi connectivity index (χ1) is 12.4. The molecule has 4 N–H and O–H groups in total. The van der Waals surface area contributed by atoms with Crippen molar-refractivity contribution in [2.75, 3.05) is 18.5 Å². The highest BCUT2D eigenvalue weighted by molar-refractivity contribution is 6.00. The van der Waals surface area contributed by atoms with Crippen molar-refractivity contribution in [3.63, 3.8) is 0 Å². The van der Waals surface area contributed by atoms with Crippen LogP contribution >= 0.6 is 0 Å². The minimum Gasteiger partial charge on any atom is -0.394 e. The van der Waals surface area contributed by atoms with Crippen LogP contribution in [0.2, 0.25) is 0 Å². The third kappa shape index (κ3) is 5.00. The lowest BCUT2D eigenvalue weighted by molar-refractivity contribution is -0.0295. The summed E-state index contributed by atoms with van der Waals surface area (Å²) in [5.74, 6) is -1.16. The number of aliphatic hydroxyl groups excluding tert-OH is 2. The van der Waals surface area contributed by atoms with Crippen molar-refractivity contribution in [3.05, 3.63) is 58.9 Å². The van der Waals surface area contributed by atoms with Gasteiger partial charge in [-0.25, -0.2) is 9.87 Å². The standard InChI is InChI=1S/C18H18FN3O4/c1-11-2-5-16(15(19)6-11)21-17-7-12(8-20)3-4-14(17)18(25)22-26-10-13(24)9-23/h2-7,13,21,23-24H,9-10H2,1H3,(H,22,25)/t13-/m0/s1. The van der Waals surface area contributed by atoms with Crippen LogP contribution in [0.25, 0.3) is 0 Å². The van der Waals surface area contributed by atoms with E-state index >= 15 is 0 Å². The number of hydrogen-bond donors (Lipinski definition) is 4. The molecule has 7 nitrogen and oxygen atoms in total. The topological polar surface area (TPSA) is 115 Å². The Bertz CT molecular complexity index is 836. The Morgan fingerprint density at radius 3 is 2.73 bits per heavy atom. The Morgan fingerprint density at radius 2 is 2.08 bits per heavy atom. The molecule has 0 saturated carbocycles. The van der Waals surface area contributed by atoms with E-state index in [0.29, 0.717) is 0 Å². The van der Waals surface area contributed by atoms with E-state index in [0.717, 1.165) is 5.56 Å². The Morgan fingerprint density at radius 1 is 1.31 bits per heavy atom. The molecule has 2 aromatic rings. The van der Waals surface area contributed by atoms with E-state index < -0.39 is 24.4 Å². The second kappa shape index (κ2) is 8.92. The third-order valence-electron chi connectivity index (χ3n) is 3.44. The van der Waals surface area contributed by atoms with Gasteiger partial charge in [-0.2, -0.15) is 5.26 Å². The Balaban J connectivity index is 2.23. The van der Waals surface area contributed by atoms with Crippen molar-refractivity contribution in [1.82, 2.24) is 5.48 Å². The Labute approximate surface area is 149 Å². The van der Waals surface area contributed by atoms with E-state index in [-0.39, 0.29) is 29.1 Å². The van der Waals surface area contributed by atoms with Crippen molar-refractivity contribution in [2.45, 2.75) is 13.0 Å². The number of rotatable bonds is 7. The molecule has 0 fully saturated rings. The fourth-order valence-corrected chi connectivity index (χ4v) is 2.09. The first-order valence-corrected chi connectivity index (χ1v) is 7.73. The number of anilines is 2. The summed E-state index contributed by atoms with van der Waals surface area (Å²) in [4.78, 5) is 17.1. The number of aliphatic hydroxyl groups is 2. The molecular formula is C18H18FN3O4. The van der Waals surface area contributed by atoms with Gasteiger partial charge in [0.1, 0.15) is 18.5 Å². The number of carbonyl (C=O) groups is 1. The summed E-state index contributed by atoms with van der Waals surface area (Å²) in [5.41, 5.74) is 3.63. The Kier molecular flexibility index (Phi) is 6.63. The van der Waals surface area contributed by atoms with Crippen LogP contribution in [0.15, 0.2) is 36.4 Å². The van der Waals surface area contributed by atoms with E-state index in [2.05, 4.69) is 10.8 Å². The summed E-state index contributed by atoms with van der Waals surface area (Å²) in [7, 11) is 0. The molecule has 0 aliphatic rings. The van der Waals surface area contributed by atoms with E-state index in [1.807, 2.05) is 6.07 Å². The average molecular weight is 359 g/mol. The number of amides is 1. The second-order valence-electron chi connectivity index (χ2n) is 5.56. The van der Waals surface area contributed by atoms with Crippen LogP contribution in [-0.4, -0.2) is 35.4 Å². The number of hydrogen-bond acceptors (Lipinski definition) is 6. The second-order valence-corrected chi connectivity index (χ2v) is 5.56. The molecule has 136 valence electrons. The van der Waals surface area contributed by atoms with Crippen LogP contribution in [0.5, 0.6) is 0 Å². The van der Waals surface area contributed by atoms with Gasteiger partial charge in [-0.1, -0.05) is 6.07 Å². The summed E-state index contributed by atoms with van der Waals surface area (Å²) in [6, 6.07) is 10.8. The highest BCUT2D eigenvalue weighted by Crippen LogP contribution is 2.25. The maximum Gasteiger partial charge on any atom is 0.276 e. The molecule has 2 rings (SSSR count). The van der Waals surface area contributed by atoms with Crippen LogP contribution in [-0.2, 0) is 4.84 Å². The van der Waals surface area contributed by atoms with Crippen LogP contribution in [0.4, 0.5) is 15.8 Å². The monoisotopic (exact) mass is 359 g/mol. The summed E-state index contributed by atoms with van der Waals surface area (Å²) in [6.07, 6.45) is -1.13. The van der Waals surface area contributed by atoms with Crippen LogP contribution in [0.1, 0.15) is 21.5 Å². The number of hydroxylamine groups is 1. The zero-order valence-electron chi connectivity index (χ0n) is 14.0. The van der Waals surface area contributed by atoms with Gasteiger partial charge in [0.25, 0.3) is 5.91 Å². The summed E-state index contributed by atoms with van der Waals surface area (Å²) >= 11 is 0. The summed E-state index contributed by atoms with van der Waals surface area (Å²) < 4.78 is 14.1. The predicted octanol–water partition coefficient (Wildman–Crippen LogP) is 1.76. The van der Waals surface area contributed by atoms with Crippen LogP contribution in [0.3, 0.4) is 0 Å². The van der Waals surface area contributed by atoms with Crippen molar-refractivity contribution >= 4 is 17.3 Å². The molecule has 0 heterocycles. The van der Waals surface area contributed by atoms with Gasteiger partial charge < -0.3 is 15.5 Å². The van der Waals surface area contributed by atoms with Crippen LogP contribution in [0, 0.1) is 24.1 Å². The highest BCUT2D eigenvalue weighted by atomic mass is 19.1. The molecule has 0 radical (unpaired) electrons. The smallest absolute Gasteiger partial charge is 0.276 e. The first kappa shape index (κ1) is 19.3. The summed E-state index contributed by atoms with van der Waals surface area (Å²) in [5, 5.41) is 29.8. The predicted molar refractivity (Wildman–Crippen MR) is 92.1 cm³/mol. The molecule has 1 amide bonds. The van der Waals surface area contributed by atoms with Gasteiger partial charge in [0.05, 0.1) is 35.2 Å². The van der Waals surface area contributed by atoms with Crippen molar-refractivity contribution < 1.29 is 24.2 Å². The molecule has 0 unspecified atom stereocenters. The van der Waals surface area contributed by atoms with Gasteiger partial charge in [0, 0.05) is 0 Å². The van der Waals surface area contributed by atoms with Gasteiger partial charge >= 0.3 is 0 Å². The maximum atomic E-state index is 14.1. The van der Waals surface area contributed by atoms with Crippen molar-refractivity contribution in [2.24, 2.45) is 0 Å². The lowest BCUT2D eigenvalue weighted by atomic mass is 10.1. The number of nitrogens with one attached hydrogen (secondary N) is 2. The normalized spacial score (nSPS) is 11.5. The molecule has 0 spiro atoms. The molecular weight excluding hydrogens is 341 g/mol. The van der Waals surface area contributed by atoms with E-state index in [1.165, 1.54) is 30.3 Å². The zero-order valence-corrected chi connectivity index (χ0v) is 14.0. The van der Waals surface area contributed by atoms with Crippen LogP contribution < -0.4 is 10.8 Å². The van der Waals surface area contributed by atoms with Gasteiger partial charge in [-0.15, -0.1) is 0 Å². The minimum atomic E-state index is -1.13. The largest absolute Gasteiger partial charge is 0.394 e. The van der Waals surface area contributed by atoms with Gasteiger partial charge in [0.15, 0.2) is 0 Å². The lowest BCUT2D eigenvalue weighted by Gasteiger charge is -2.14. The molecule has 0 aromatic heterocycles. The van der Waals surface area contributed by atoms with Gasteiger partial charge in [0.2, 0.25) is 0 Å². The third-order valence-corrected chi connectivity index (χ3v) is 3.44. The highest BCUT2D eigenvalue weighted by Gasteiger charge is 2.15. The zero-order chi connectivity index (χ0) is 19.1. The number of nitrogens with zero attached hydrogens (tertiary/aromatic N) is 1. The lowest BCUT2D eigenvalue weighted by Crippen LogP contribution is -2.30. The minimum absolute atomic E-state index is 0.113. The molecule has 8 heteroatoms. The molecule has 1 atom stereocenters. The molecule has 0 bridgehead atoms. The number of carbonyl (C=O) groups excluding carboxylic acids is 1. The number of nitriles is 1. The molecule has 0 aliphatic carbocycles. The first-order valence-electron chi connectivity index (χ1n) is 7.73. The van der Waals surface area contributed by atoms with Crippen molar-refractivity contribution in [3.8, 4) is 6.07 Å². The number of benzene rings is 2. The van der Waals surface area contributed by atoms with Crippen molar-refractivity contribution in [1.29, 1.82) is 5.26 Å². The number of halogens is 1. The molecule has 0 aliphatic heterocycles. The van der Waals surface area contributed by atoms with E-state index in [1.54, 1.807) is 13.0 Å². The average Bonchev–Trinajstić information content (AvgIpc) is 2.63. The maximum absolute atomic E-state index is 14.1. The van der Waals surface area contributed by atoms with Gasteiger partial charge in [-0.05, 0) is 42.8 Å². The fourth-order valence-electron chi connectivity index (χ4n) is 2.09. The van der Waals surface area contributed by atoms with E-state index in [9.17, 15) is 14.3 Å². The molecule has 26 heavy (non-hydrogen) atoms. The molecule has 0 saturated heterocycles. The SMILES string of the molecule is Cc1ccc(Nc2cc(C#N)ccc2C(=O)NOC[C@@H](O)CO)c(F)c1. The van der Waals surface area contributed by atoms with Gasteiger partial charge in [-0.3, -0.25) is 9.63 Å². The Hall–Kier alpha value is -2.99. The summed E-state index contributed by atoms with van der Waals surface area (Å²) in [6.45, 7) is 0.945. The quantitative estimate of drug-likeness (QED) is 0.560. The molecule has 2 aromatic carbocycles. The fraction of sp³-hybridized carbons (Fsp3) is 0.222.